The number of nitrogens with zero attached hydrogens (tertiary/aromatic N) is 1. The van der Waals surface area contributed by atoms with E-state index < -0.39 is 0 Å². The minimum Gasteiger partial charge on any atom is -0.439 e. The molecule has 0 radical (unpaired) electrons. The zero-order valence-corrected chi connectivity index (χ0v) is 16.6. The molecule has 29 heavy (non-hydrogen) atoms. The molecule has 0 atom stereocenters. The van der Waals surface area contributed by atoms with E-state index in [1.54, 1.807) is 0 Å². The van der Waals surface area contributed by atoms with Crippen molar-refractivity contribution in [2.75, 3.05) is 4.90 Å². The maximum Gasteiger partial charge on any atom is 0.213 e. The topological polar surface area (TPSA) is 16.4 Å². The fraction of sp³-hybridized carbons (Fsp3) is 0.185. The molecule has 1 aliphatic carbocycles. The first kappa shape index (κ1) is 16.7. The molecule has 0 spiro atoms. The molecule has 1 aromatic heterocycles. The third kappa shape index (κ3) is 2.49. The highest BCUT2D eigenvalue weighted by Gasteiger charge is 2.28. The first-order valence-electron chi connectivity index (χ1n) is 10.5. The summed E-state index contributed by atoms with van der Waals surface area (Å²) in [5.74, 6) is 0.920. The summed E-state index contributed by atoms with van der Waals surface area (Å²) in [4.78, 5) is 2.36. The Labute approximate surface area is 171 Å². The van der Waals surface area contributed by atoms with Gasteiger partial charge in [0.2, 0.25) is 5.88 Å². The van der Waals surface area contributed by atoms with Crippen LogP contribution in [0.25, 0.3) is 23.1 Å². The van der Waals surface area contributed by atoms with Gasteiger partial charge in [0.15, 0.2) is 0 Å². The van der Waals surface area contributed by atoms with Crippen LogP contribution >= 0.6 is 0 Å². The van der Waals surface area contributed by atoms with Crippen LogP contribution < -0.4 is 4.90 Å². The van der Waals surface area contributed by atoms with Gasteiger partial charge >= 0.3 is 0 Å². The summed E-state index contributed by atoms with van der Waals surface area (Å²) in [7, 11) is 0. The molecule has 3 aromatic carbocycles. The maximum atomic E-state index is 6.49. The van der Waals surface area contributed by atoms with E-state index in [1.165, 1.54) is 52.9 Å². The van der Waals surface area contributed by atoms with Crippen molar-refractivity contribution < 1.29 is 4.42 Å². The molecule has 0 N–H and O–H groups in total. The van der Waals surface area contributed by atoms with E-state index >= 15 is 0 Å². The van der Waals surface area contributed by atoms with Crippen molar-refractivity contribution in [3.05, 3.63) is 88.5 Å². The van der Waals surface area contributed by atoms with E-state index in [9.17, 15) is 0 Å². The highest BCUT2D eigenvalue weighted by molar-refractivity contribution is 6.01. The number of hydrogen-bond acceptors (Lipinski definition) is 2. The third-order valence-electron chi connectivity index (χ3n) is 6.41. The van der Waals surface area contributed by atoms with Crippen LogP contribution in [0.5, 0.6) is 0 Å². The molecular formula is C27H23NO. The van der Waals surface area contributed by atoms with Crippen molar-refractivity contribution in [3.63, 3.8) is 0 Å². The van der Waals surface area contributed by atoms with Gasteiger partial charge in [-0.1, -0.05) is 48.5 Å². The summed E-state index contributed by atoms with van der Waals surface area (Å²) < 4.78 is 6.49. The summed E-state index contributed by atoms with van der Waals surface area (Å²) in [6.07, 6.45) is 9.27. The Bertz CT molecular complexity index is 1280. The van der Waals surface area contributed by atoms with Gasteiger partial charge in [0.25, 0.3) is 0 Å². The van der Waals surface area contributed by atoms with Crippen LogP contribution in [0.4, 0.5) is 17.3 Å². The van der Waals surface area contributed by atoms with Gasteiger partial charge < -0.3 is 4.42 Å². The van der Waals surface area contributed by atoms with Gasteiger partial charge in [-0.05, 0) is 79.1 Å². The van der Waals surface area contributed by atoms with Crippen LogP contribution in [0.1, 0.15) is 40.7 Å². The summed E-state index contributed by atoms with van der Waals surface area (Å²) >= 11 is 0. The normalized spacial score (nSPS) is 15.0. The Kier molecular flexibility index (Phi) is 3.67. The second kappa shape index (κ2) is 6.38. The fourth-order valence-corrected chi connectivity index (χ4v) is 4.97. The van der Waals surface area contributed by atoms with E-state index in [4.69, 9.17) is 4.42 Å². The van der Waals surface area contributed by atoms with Crippen LogP contribution in [0.15, 0.2) is 65.1 Å². The van der Waals surface area contributed by atoms with Gasteiger partial charge in [-0.2, -0.15) is 0 Å². The molecule has 142 valence electrons. The summed E-state index contributed by atoms with van der Waals surface area (Å²) in [6.45, 7) is 2.25. The van der Waals surface area contributed by atoms with E-state index in [0.717, 1.165) is 28.8 Å². The number of fused-ring (bicyclic) bond motifs is 5. The van der Waals surface area contributed by atoms with Crippen molar-refractivity contribution in [2.24, 2.45) is 0 Å². The van der Waals surface area contributed by atoms with E-state index in [1.807, 2.05) is 6.07 Å². The Morgan fingerprint density at radius 3 is 2.48 bits per heavy atom. The molecule has 2 nitrogen and oxygen atoms in total. The fourth-order valence-electron chi connectivity index (χ4n) is 4.97. The average molecular weight is 377 g/mol. The Hall–Kier alpha value is -3.26. The minimum absolute atomic E-state index is 0.920. The standard InChI is InChI=1S/C27H23NO/c1-18-14-17-25(21-10-4-3-9-20(18)21)28-24-12-6-2-8-19(24)15-16-23-22-11-5-7-13-26(22)29-27(23)28/h2,5-8,11-17H,3-4,9-10H2,1H3. The molecule has 2 heterocycles. The minimum atomic E-state index is 0.920. The van der Waals surface area contributed by atoms with Crippen molar-refractivity contribution in [1.82, 2.24) is 0 Å². The molecule has 0 saturated carbocycles. The van der Waals surface area contributed by atoms with Gasteiger partial charge in [0.05, 0.1) is 11.4 Å². The number of aryl methyl sites for hydroxylation is 1. The lowest BCUT2D eigenvalue weighted by Crippen LogP contribution is -2.16. The van der Waals surface area contributed by atoms with Crippen LogP contribution in [-0.2, 0) is 12.8 Å². The van der Waals surface area contributed by atoms with Crippen LogP contribution in [0.2, 0.25) is 0 Å². The largest absolute Gasteiger partial charge is 0.439 e. The third-order valence-corrected chi connectivity index (χ3v) is 6.41. The van der Waals surface area contributed by atoms with Crippen LogP contribution in [0.3, 0.4) is 0 Å². The lowest BCUT2D eigenvalue weighted by Gasteiger charge is -2.30. The molecule has 2 heteroatoms. The lowest BCUT2D eigenvalue weighted by atomic mass is 9.87. The molecule has 0 bridgehead atoms. The number of rotatable bonds is 1. The summed E-state index contributed by atoms with van der Waals surface area (Å²) in [5, 5.41) is 1.16. The first-order valence-corrected chi connectivity index (χ1v) is 10.5. The van der Waals surface area contributed by atoms with Gasteiger partial charge in [-0.3, -0.25) is 4.90 Å². The maximum absolute atomic E-state index is 6.49. The lowest BCUT2D eigenvalue weighted by molar-refractivity contribution is 0.618. The molecule has 0 amide bonds. The molecule has 0 unspecified atom stereocenters. The predicted molar refractivity (Wildman–Crippen MR) is 121 cm³/mol. The Morgan fingerprint density at radius 2 is 1.55 bits per heavy atom. The van der Waals surface area contributed by atoms with Gasteiger partial charge in [0, 0.05) is 10.9 Å². The number of hydrogen-bond donors (Lipinski definition) is 0. The highest BCUT2D eigenvalue weighted by Crippen LogP contribution is 2.48. The van der Waals surface area contributed by atoms with Gasteiger partial charge in [-0.15, -0.1) is 0 Å². The Morgan fingerprint density at radius 1 is 0.759 bits per heavy atom. The second-order valence-electron chi connectivity index (χ2n) is 8.11. The van der Waals surface area contributed by atoms with E-state index in [2.05, 4.69) is 78.6 Å². The SMILES string of the molecule is Cc1ccc(N2c3ccccc3C=Cc3c2oc2ccccc32)c2c1CCCC2. The molecule has 0 fully saturated rings. The number of benzene rings is 3. The average Bonchev–Trinajstić information content (AvgIpc) is 3.05. The molecule has 1 aliphatic heterocycles. The number of furan rings is 1. The zero-order valence-electron chi connectivity index (χ0n) is 16.6. The molecule has 0 saturated heterocycles. The number of para-hydroxylation sites is 2. The second-order valence-corrected chi connectivity index (χ2v) is 8.11. The van der Waals surface area contributed by atoms with Crippen molar-refractivity contribution >= 4 is 40.4 Å². The monoisotopic (exact) mass is 377 g/mol. The molecule has 6 rings (SSSR count). The summed E-state index contributed by atoms with van der Waals surface area (Å²) in [5.41, 5.74) is 10.2. The van der Waals surface area contributed by atoms with E-state index in [-0.39, 0.29) is 0 Å². The Balaban J connectivity index is 1.69. The van der Waals surface area contributed by atoms with Gasteiger partial charge in [0.1, 0.15) is 5.58 Å². The highest BCUT2D eigenvalue weighted by atomic mass is 16.4. The predicted octanol–water partition coefficient (Wildman–Crippen LogP) is 7.57. The van der Waals surface area contributed by atoms with Crippen molar-refractivity contribution in [3.8, 4) is 0 Å². The molecule has 2 aliphatic rings. The van der Waals surface area contributed by atoms with E-state index in [0.29, 0.717) is 0 Å². The number of anilines is 3. The van der Waals surface area contributed by atoms with Crippen LogP contribution in [-0.4, -0.2) is 0 Å². The van der Waals surface area contributed by atoms with Crippen LogP contribution in [0, 0.1) is 6.92 Å². The smallest absolute Gasteiger partial charge is 0.213 e. The van der Waals surface area contributed by atoms with Crippen molar-refractivity contribution in [1.29, 1.82) is 0 Å². The quantitative estimate of drug-likeness (QED) is 0.299. The van der Waals surface area contributed by atoms with Crippen molar-refractivity contribution in [2.45, 2.75) is 32.6 Å². The molecular weight excluding hydrogens is 354 g/mol. The zero-order chi connectivity index (χ0) is 19.4. The molecule has 4 aromatic rings. The first-order chi connectivity index (χ1) is 14.3. The summed E-state index contributed by atoms with van der Waals surface area (Å²) in [6, 6.07) is 21.5. The van der Waals surface area contributed by atoms with Gasteiger partial charge in [-0.25, -0.2) is 0 Å².